The monoisotopic (exact) mass is 199 g/mol. The molecule has 0 bridgehead atoms. The van der Waals surface area contributed by atoms with Gasteiger partial charge in [0.2, 0.25) is 11.8 Å². The average Bonchev–Trinajstić information content (AvgIpc) is 2.10. The van der Waals surface area contributed by atoms with Gasteiger partial charge in [-0.2, -0.15) is 0 Å². The van der Waals surface area contributed by atoms with Crippen LogP contribution in [0.25, 0.3) is 0 Å². The lowest BCUT2D eigenvalue weighted by Crippen LogP contribution is -2.50. The van der Waals surface area contributed by atoms with Gasteiger partial charge in [0.15, 0.2) is 0 Å². The summed E-state index contributed by atoms with van der Waals surface area (Å²) in [4.78, 5) is 24.4. The van der Waals surface area contributed by atoms with Crippen molar-refractivity contribution in [2.45, 2.75) is 39.2 Å². The van der Waals surface area contributed by atoms with Crippen molar-refractivity contribution in [1.29, 1.82) is 0 Å². The number of piperidine rings is 1. The predicted molar refractivity (Wildman–Crippen MR) is 51.4 cm³/mol. The second-order valence-corrected chi connectivity index (χ2v) is 3.92. The number of rotatable bonds is 3. The molecule has 1 aliphatic heterocycles. The maximum Gasteiger partial charge on any atom is 0.229 e. The third-order valence-corrected chi connectivity index (χ3v) is 2.63. The summed E-state index contributed by atoms with van der Waals surface area (Å²) in [6.07, 6.45) is 1.45. The van der Waals surface area contributed by atoms with Crippen LogP contribution in [-0.2, 0) is 9.59 Å². The van der Waals surface area contributed by atoms with Crippen LogP contribution in [0, 0.1) is 5.92 Å². The Balaban J connectivity index is 2.76. The number of likely N-dealkylation sites (tertiary alicyclic amines) is 1. The van der Waals surface area contributed by atoms with Gasteiger partial charge in [0.05, 0.1) is 12.6 Å². The number of hydrogen-bond donors (Lipinski definition) is 1. The Hall–Kier alpha value is -0.900. The molecular formula is C10H17NO3. The molecule has 0 aromatic heterocycles. The van der Waals surface area contributed by atoms with Crippen molar-refractivity contribution in [3.8, 4) is 0 Å². The second-order valence-electron chi connectivity index (χ2n) is 3.92. The summed E-state index contributed by atoms with van der Waals surface area (Å²) < 4.78 is 0. The summed E-state index contributed by atoms with van der Waals surface area (Å²) in [7, 11) is 0. The molecular weight excluding hydrogens is 182 g/mol. The van der Waals surface area contributed by atoms with Crippen molar-refractivity contribution in [1.82, 2.24) is 4.90 Å². The van der Waals surface area contributed by atoms with E-state index in [0.29, 0.717) is 19.3 Å². The molecule has 14 heavy (non-hydrogen) atoms. The van der Waals surface area contributed by atoms with E-state index in [4.69, 9.17) is 5.11 Å². The van der Waals surface area contributed by atoms with Crippen LogP contribution in [-0.4, -0.2) is 34.5 Å². The third-order valence-electron chi connectivity index (χ3n) is 2.63. The van der Waals surface area contributed by atoms with Gasteiger partial charge in [0, 0.05) is 12.8 Å². The fourth-order valence-corrected chi connectivity index (χ4v) is 1.80. The van der Waals surface area contributed by atoms with Gasteiger partial charge < -0.3 is 5.11 Å². The molecule has 1 aliphatic rings. The molecule has 0 saturated carbocycles. The van der Waals surface area contributed by atoms with Gasteiger partial charge in [-0.25, -0.2) is 0 Å². The first-order chi connectivity index (χ1) is 6.60. The lowest BCUT2D eigenvalue weighted by atomic mass is 9.96. The topological polar surface area (TPSA) is 57.6 Å². The maximum atomic E-state index is 11.6. The molecule has 0 radical (unpaired) electrons. The summed E-state index contributed by atoms with van der Waals surface area (Å²) in [5.74, 6) is -0.147. The maximum absolute atomic E-state index is 11.6. The van der Waals surface area contributed by atoms with Crippen LogP contribution >= 0.6 is 0 Å². The average molecular weight is 199 g/mol. The Kier molecular flexibility index (Phi) is 3.63. The van der Waals surface area contributed by atoms with Crippen molar-refractivity contribution >= 4 is 11.8 Å². The van der Waals surface area contributed by atoms with E-state index < -0.39 is 0 Å². The van der Waals surface area contributed by atoms with Crippen LogP contribution in [0.5, 0.6) is 0 Å². The largest absolute Gasteiger partial charge is 0.394 e. The molecule has 0 unspecified atom stereocenters. The van der Waals surface area contributed by atoms with E-state index in [1.54, 1.807) is 0 Å². The number of hydrogen-bond acceptors (Lipinski definition) is 3. The zero-order valence-corrected chi connectivity index (χ0v) is 8.69. The van der Waals surface area contributed by atoms with E-state index in [0.717, 1.165) is 0 Å². The molecule has 80 valence electrons. The standard InChI is InChI=1S/C10H17NO3/c1-3-8(6-12)11-9(13)4-7(2)5-10(11)14/h7-8,12H,3-6H2,1-2H3/t8-/m1/s1. The van der Waals surface area contributed by atoms with Gasteiger partial charge in [-0.1, -0.05) is 13.8 Å². The number of amides is 2. The van der Waals surface area contributed by atoms with Crippen molar-refractivity contribution < 1.29 is 14.7 Å². The minimum absolute atomic E-state index is 0.137. The van der Waals surface area contributed by atoms with E-state index in [1.165, 1.54) is 4.90 Å². The summed E-state index contributed by atoms with van der Waals surface area (Å²) in [5.41, 5.74) is 0. The van der Waals surface area contributed by atoms with Gasteiger partial charge >= 0.3 is 0 Å². The molecule has 2 amide bonds. The van der Waals surface area contributed by atoms with Gasteiger partial charge in [-0.3, -0.25) is 14.5 Å². The summed E-state index contributed by atoms with van der Waals surface area (Å²) >= 11 is 0. The Bertz CT molecular complexity index is 218. The molecule has 1 fully saturated rings. The molecule has 4 nitrogen and oxygen atoms in total. The number of aliphatic hydroxyl groups excluding tert-OH is 1. The number of carbonyl (C=O) groups excluding carboxylic acids is 2. The van der Waals surface area contributed by atoms with Crippen LogP contribution in [0.3, 0.4) is 0 Å². The van der Waals surface area contributed by atoms with Crippen molar-refractivity contribution in [3.63, 3.8) is 0 Å². The van der Waals surface area contributed by atoms with Gasteiger partial charge in [0.25, 0.3) is 0 Å². The molecule has 4 heteroatoms. The third kappa shape index (κ3) is 2.12. The van der Waals surface area contributed by atoms with Gasteiger partial charge in [-0.15, -0.1) is 0 Å². The summed E-state index contributed by atoms with van der Waals surface area (Å²) in [6.45, 7) is 3.62. The molecule has 0 aliphatic carbocycles. The lowest BCUT2D eigenvalue weighted by Gasteiger charge is -2.33. The minimum atomic E-state index is -0.331. The molecule has 1 heterocycles. The number of aliphatic hydroxyl groups is 1. The molecule has 0 aromatic carbocycles. The second kappa shape index (κ2) is 4.55. The van der Waals surface area contributed by atoms with Crippen LogP contribution in [0.2, 0.25) is 0 Å². The summed E-state index contributed by atoms with van der Waals surface area (Å²) in [5, 5.41) is 9.03. The van der Waals surface area contributed by atoms with E-state index in [9.17, 15) is 9.59 Å². The number of imide groups is 1. The first-order valence-corrected chi connectivity index (χ1v) is 5.05. The van der Waals surface area contributed by atoms with E-state index in [2.05, 4.69) is 0 Å². The normalized spacial score (nSPS) is 21.5. The fourth-order valence-electron chi connectivity index (χ4n) is 1.80. The smallest absolute Gasteiger partial charge is 0.229 e. The van der Waals surface area contributed by atoms with E-state index in [-0.39, 0.29) is 30.4 Å². The summed E-state index contributed by atoms with van der Waals surface area (Å²) in [6, 6.07) is -0.331. The SMILES string of the molecule is CC[C@H](CO)N1C(=O)CC(C)CC1=O. The molecule has 1 N–H and O–H groups in total. The molecule has 1 saturated heterocycles. The zero-order chi connectivity index (χ0) is 10.7. The molecule has 1 rings (SSSR count). The minimum Gasteiger partial charge on any atom is -0.394 e. The highest BCUT2D eigenvalue weighted by molar-refractivity contribution is 5.98. The zero-order valence-electron chi connectivity index (χ0n) is 8.69. The van der Waals surface area contributed by atoms with Gasteiger partial charge in [0.1, 0.15) is 0 Å². The Morgan fingerprint density at radius 1 is 1.43 bits per heavy atom. The van der Waals surface area contributed by atoms with Crippen LogP contribution < -0.4 is 0 Å². The van der Waals surface area contributed by atoms with Crippen LogP contribution in [0.4, 0.5) is 0 Å². The van der Waals surface area contributed by atoms with Crippen LogP contribution in [0.1, 0.15) is 33.1 Å². The highest BCUT2D eigenvalue weighted by Gasteiger charge is 2.34. The van der Waals surface area contributed by atoms with Crippen molar-refractivity contribution in [2.24, 2.45) is 5.92 Å². The van der Waals surface area contributed by atoms with Gasteiger partial charge in [-0.05, 0) is 12.3 Å². The van der Waals surface area contributed by atoms with Crippen molar-refractivity contribution in [2.75, 3.05) is 6.61 Å². The Morgan fingerprint density at radius 3 is 2.29 bits per heavy atom. The van der Waals surface area contributed by atoms with E-state index >= 15 is 0 Å². The first-order valence-electron chi connectivity index (χ1n) is 5.05. The fraction of sp³-hybridized carbons (Fsp3) is 0.800. The van der Waals surface area contributed by atoms with Crippen LogP contribution in [0.15, 0.2) is 0 Å². The molecule has 0 aromatic rings. The lowest BCUT2D eigenvalue weighted by molar-refractivity contribution is -0.153. The first kappa shape index (κ1) is 11.2. The quantitative estimate of drug-likeness (QED) is 0.675. The number of carbonyl (C=O) groups is 2. The molecule has 0 spiro atoms. The van der Waals surface area contributed by atoms with E-state index in [1.807, 2.05) is 13.8 Å². The predicted octanol–water partition coefficient (Wildman–Crippen LogP) is 0.542. The Morgan fingerprint density at radius 2 is 1.93 bits per heavy atom. The highest BCUT2D eigenvalue weighted by atomic mass is 16.3. The van der Waals surface area contributed by atoms with Crippen molar-refractivity contribution in [3.05, 3.63) is 0 Å². The molecule has 1 atom stereocenters. The number of nitrogens with zero attached hydrogens (tertiary/aromatic N) is 1. The highest BCUT2D eigenvalue weighted by Crippen LogP contribution is 2.21. The Labute approximate surface area is 83.9 Å².